The number of carbonyl (C=O) groups is 2. The summed E-state index contributed by atoms with van der Waals surface area (Å²) in [6.45, 7) is 1.14. The molecule has 5 nitrogen and oxygen atoms in total. The van der Waals surface area contributed by atoms with Crippen LogP contribution in [0.4, 0.5) is 4.39 Å². The van der Waals surface area contributed by atoms with Gasteiger partial charge in [0.15, 0.2) is 17.3 Å². The quantitative estimate of drug-likeness (QED) is 0.738. The summed E-state index contributed by atoms with van der Waals surface area (Å²) in [7, 11) is 0. The van der Waals surface area contributed by atoms with Crippen molar-refractivity contribution in [3.05, 3.63) is 53.3 Å². The van der Waals surface area contributed by atoms with E-state index in [1.165, 1.54) is 12.1 Å². The smallest absolute Gasteiger partial charge is 0.220 e. The lowest BCUT2D eigenvalue weighted by Crippen LogP contribution is -2.31. The summed E-state index contributed by atoms with van der Waals surface area (Å²) in [5.41, 5.74) is 1.31. The van der Waals surface area contributed by atoms with Gasteiger partial charge in [-0.25, -0.2) is 4.39 Å². The number of rotatable bonds is 5. The van der Waals surface area contributed by atoms with Crippen LogP contribution in [0.1, 0.15) is 47.6 Å². The average Bonchev–Trinajstić information content (AvgIpc) is 2.97. The summed E-state index contributed by atoms with van der Waals surface area (Å²) in [4.78, 5) is 25.9. The molecule has 29 heavy (non-hydrogen) atoms. The minimum absolute atomic E-state index is 0.0849. The summed E-state index contributed by atoms with van der Waals surface area (Å²) in [5, 5.41) is 2.95. The van der Waals surface area contributed by atoms with E-state index in [0.717, 1.165) is 29.1 Å². The van der Waals surface area contributed by atoms with Crippen LogP contribution in [0.25, 0.3) is 0 Å². The molecule has 1 N–H and O–H groups in total. The van der Waals surface area contributed by atoms with Crippen molar-refractivity contribution in [2.75, 3.05) is 19.0 Å². The predicted molar refractivity (Wildman–Crippen MR) is 108 cm³/mol. The number of hydrogen-bond donors (Lipinski definition) is 1. The molecule has 0 unspecified atom stereocenters. The molecule has 0 bridgehead atoms. The van der Waals surface area contributed by atoms with Crippen LogP contribution in [0.15, 0.2) is 41.3 Å². The minimum Gasteiger partial charge on any atom is -0.490 e. The zero-order valence-electron chi connectivity index (χ0n) is 15.9. The van der Waals surface area contributed by atoms with Gasteiger partial charge in [0.2, 0.25) is 5.91 Å². The van der Waals surface area contributed by atoms with Crippen LogP contribution < -0.4 is 14.8 Å². The second kappa shape index (κ2) is 8.86. The van der Waals surface area contributed by atoms with E-state index in [1.54, 1.807) is 36.0 Å². The summed E-state index contributed by atoms with van der Waals surface area (Å²) >= 11 is 1.66. The number of benzene rings is 2. The van der Waals surface area contributed by atoms with E-state index in [2.05, 4.69) is 5.32 Å². The third-order valence-electron chi connectivity index (χ3n) is 5.00. The highest BCUT2D eigenvalue weighted by Gasteiger charge is 2.23. The number of ketones is 1. The third kappa shape index (κ3) is 4.72. The Labute approximate surface area is 173 Å². The van der Waals surface area contributed by atoms with Crippen molar-refractivity contribution in [2.24, 2.45) is 0 Å². The Morgan fingerprint density at radius 3 is 2.76 bits per heavy atom. The van der Waals surface area contributed by atoms with Crippen molar-refractivity contribution in [3.63, 3.8) is 0 Å². The van der Waals surface area contributed by atoms with Crippen LogP contribution in [-0.2, 0) is 4.79 Å². The molecule has 4 rings (SSSR count). The van der Waals surface area contributed by atoms with Gasteiger partial charge in [-0.15, -0.1) is 11.8 Å². The van der Waals surface area contributed by atoms with Gasteiger partial charge in [0, 0.05) is 35.5 Å². The number of carbonyl (C=O) groups excluding carboxylic acids is 2. The zero-order chi connectivity index (χ0) is 20.2. The number of ether oxygens (including phenoxy) is 2. The van der Waals surface area contributed by atoms with E-state index in [1.807, 2.05) is 0 Å². The predicted octanol–water partition coefficient (Wildman–Crippen LogP) is 4.30. The highest BCUT2D eigenvalue weighted by Crippen LogP contribution is 2.36. The molecule has 0 radical (unpaired) electrons. The standard InChI is InChI=1S/C22H22FNO4S/c23-15-3-6-21-16(13-15)17(8-11-29-21)24-22(26)7-4-18(25)14-2-5-19-20(12-14)28-10-1-9-27-19/h2-3,5-6,12-13,17H,1,4,7-11H2,(H,24,26)/t17-/m1/s1. The number of halogens is 1. The zero-order valence-corrected chi connectivity index (χ0v) is 16.7. The molecule has 0 fully saturated rings. The molecule has 152 valence electrons. The summed E-state index contributed by atoms with van der Waals surface area (Å²) in [6.07, 6.45) is 1.72. The fourth-order valence-corrected chi connectivity index (χ4v) is 4.60. The SMILES string of the molecule is O=C(CCC(=O)c1ccc2c(c1)OCCCO2)N[C@@H]1CCSc2ccc(F)cc21. The molecular formula is C22H22FNO4S. The highest BCUT2D eigenvalue weighted by molar-refractivity contribution is 7.99. The van der Waals surface area contributed by atoms with E-state index < -0.39 is 0 Å². The second-order valence-corrected chi connectivity index (χ2v) is 8.21. The number of Topliss-reactive ketones (excluding diaryl/α,β-unsaturated/α-hetero) is 1. The lowest BCUT2D eigenvalue weighted by atomic mass is 10.0. The van der Waals surface area contributed by atoms with Crippen molar-refractivity contribution >= 4 is 23.5 Å². The van der Waals surface area contributed by atoms with Crippen molar-refractivity contribution in [1.82, 2.24) is 5.32 Å². The number of amides is 1. The van der Waals surface area contributed by atoms with Crippen molar-refractivity contribution in [3.8, 4) is 11.5 Å². The molecular weight excluding hydrogens is 393 g/mol. The maximum absolute atomic E-state index is 13.6. The van der Waals surface area contributed by atoms with Crippen LogP contribution in [0.5, 0.6) is 11.5 Å². The number of hydrogen-bond acceptors (Lipinski definition) is 5. The lowest BCUT2D eigenvalue weighted by Gasteiger charge is -2.26. The third-order valence-corrected chi connectivity index (χ3v) is 6.12. The molecule has 0 aromatic heterocycles. The van der Waals surface area contributed by atoms with Crippen molar-refractivity contribution < 1.29 is 23.5 Å². The van der Waals surface area contributed by atoms with Crippen molar-refractivity contribution in [1.29, 1.82) is 0 Å². The first-order valence-electron chi connectivity index (χ1n) is 9.74. The van der Waals surface area contributed by atoms with Gasteiger partial charge < -0.3 is 14.8 Å². The first-order valence-corrected chi connectivity index (χ1v) is 10.7. The van der Waals surface area contributed by atoms with Gasteiger partial charge in [-0.2, -0.15) is 0 Å². The molecule has 2 heterocycles. The first kappa shape index (κ1) is 19.8. The van der Waals surface area contributed by atoms with Crippen LogP contribution in [0.3, 0.4) is 0 Å². The maximum atomic E-state index is 13.6. The minimum atomic E-state index is -0.310. The molecule has 1 atom stereocenters. The average molecular weight is 415 g/mol. The Bertz CT molecular complexity index is 933. The Morgan fingerprint density at radius 2 is 1.90 bits per heavy atom. The van der Waals surface area contributed by atoms with Crippen LogP contribution in [0, 0.1) is 5.82 Å². The first-order chi connectivity index (χ1) is 14.1. The van der Waals surface area contributed by atoms with Gasteiger partial charge in [0.1, 0.15) is 5.82 Å². The Kier molecular flexibility index (Phi) is 6.04. The van der Waals surface area contributed by atoms with Crippen LogP contribution >= 0.6 is 11.8 Å². The van der Waals surface area contributed by atoms with E-state index in [9.17, 15) is 14.0 Å². The summed E-state index contributed by atoms with van der Waals surface area (Å²) in [5.74, 6) is 1.42. The van der Waals surface area contributed by atoms with Crippen molar-refractivity contribution in [2.45, 2.75) is 36.6 Å². The molecule has 2 aliphatic rings. The molecule has 2 aromatic rings. The maximum Gasteiger partial charge on any atom is 0.220 e. The Hall–Kier alpha value is -2.54. The largest absolute Gasteiger partial charge is 0.490 e. The topological polar surface area (TPSA) is 64.6 Å². The normalized spacial score (nSPS) is 17.8. The monoisotopic (exact) mass is 415 g/mol. The van der Waals surface area contributed by atoms with Gasteiger partial charge in [0.05, 0.1) is 19.3 Å². The van der Waals surface area contributed by atoms with E-state index >= 15 is 0 Å². The molecule has 7 heteroatoms. The van der Waals surface area contributed by atoms with Gasteiger partial charge in [-0.3, -0.25) is 9.59 Å². The molecule has 1 amide bonds. The Balaban J connectivity index is 1.35. The van der Waals surface area contributed by atoms with Gasteiger partial charge in [-0.1, -0.05) is 0 Å². The molecule has 2 aliphatic heterocycles. The van der Waals surface area contributed by atoms with E-state index in [0.29, 0.717) is 30.3 Å². The second-order valence-electron chi connectivity index (χ2n) is 7.07. The fourth-order valence-electron chi connectivity index (χ4n) is 3.49. The molecule has 0 saturated carbocycles. The number of fused-ring (bicyclic) bond motifs is 2. The molecule has 0 spiro atoms. The molecule has 0 saturated heterocycles. The fraction of sp³-hybridized carbons (Fsp3) is 0.364. The molecule has 2 aromatic carbocycles. The Morgan fingerprint density at radius 1 is 1.07 bits per heavy atom. The van der Waals surface area contributed by atoms with E-state index in [-0.39, 0.29) is 36.4 Å². The highest BCUT2D eigenvalue weighted by atomic mass is 32.2. The lowest BCUT2D eigenvalue weighted by molar-refractivity contribution is -0.121. The number of nitrogens with one attached hydrogen (secondary N) is 1. The van der Waals surface area contributed by atoms with Crippen LogP contribution in [-0.4, -0.2) is 30.7 Å². The molecule has 0 aliphatic carbocycles. The van der Waals surface area contributed by atoms with Crippen LogP contribution in [0.2, 0.25) is 0 Å². The van der Waals surface area contributed by atoms with Gasteiger partial charge in [0.25, 0.3) is 0 Å². The summed E-state index contributed by atoms with van der Waals surface area (Å²) < 4.78 is 24.8. The van der Waals surface area contributed by atoms with E-state index in [4.69, 9.17) is 9.47 Å². The van der Waals surface area contributed by atoms with Gasteiger partial charge in [-0.05, 0) is 48.4 Å². The number of thioether (sulfide) groups is 1. The summed E-state index contributed by atoms with van der Waals surface area (Å²) in [6, 6.07) is 9.56. The van der Waals surface area contributed by atoms with Gasteiger partial charge >= 0.3 is 0 Å².